The summed E-state index contributed by atoms with van der Waals surface area (Å²) in [6.07, 6.45) is 0. The van der Waals surface area contributed by atoms with E-state index in [0.717, 1.165) is 11.1 Å². The zero-order valence-electron chi connectivity index (χ0n) is 10.6. The summed E-state index contributed by atoms with van der Waals surface area (Å²) in [5.74, 6) is 0.105. The minimum absolute atomic E-state index is 0.221. The van der Waals surface area contributed by atoms with Crippen LogP contribution in [0.25, 0.3) is 0 Å². The van der Waals surface area contributed by atoms with Crippen molar-refractivity contribution in [3.8, 4) is 5.75 Å². The maximum absolute atomic E-state index is 13.3. The van der Waals surface area contributed by atoms with Crippen molar-refractivity contribution < 1.29 is 9.13 Å². The summed E-state index contributed by atoms with van der Waals surface area (Å²) in [4.78, 5) is 0. The van der Waals surface area contributed by atoms with Crippen LogP contribution in [0, 0.1) is 5.82 Å². The van der Waals surface area contributed by atoms with Crippen molar-refractivity contribution in [2.24, 2.45) is 5.73 Å². The van der Waals surface area contributed by atoms with E-state index in [-0.39, 0.29) is 18.5 Å². The summed E-state index contributed by atoms with van der Waals surface area (Å²) in [5, 5.41) is 0.626. The lowest BCUT2D eigenvalue weighted by Gasteiger charge is -2.14. The van der Waals surface area contributed by atoms with Gasteiger partial charge in [-0.25, -0.2) is 4.39 Å². The fourth-order valence-electron chi connectivity index (χ4n) is 1.78. The molecule has 0 amide bonds. The maximum atomic E-state index is 13.3. The van der Waals surface area contributed by atoms with Crippen LogP contribution in [0.4, 0.5) is 4.39 Å². The third-order valence-corrected chi connectivity index (χ3v) is 3.18. The molecule has 2 nitrogen and oxygen atoms in total. The number of hydrogen-bond acceptors (Lipinski definition) is 2. The third kappa shape index (κ3) is 3.46. The highest BCUT2D eigenvalue weighted by Gasteiger charge is 2.10. The number of nitrogens with two attached hydrogens (primary N) is 1. The normalized spacial score (nSPS) is 12.2. The second-order valence-corrected chi connectivity index (χ2v) is 4.76. The second-order valence-electron chi connectivity index (χ2n) is 4.35. The monoisotopic (exact) mass is 279 g/mol. The van der Waals surface area contributed by atoms with Crippen molar-refractivity contribution in [2.45, 2.75) is 19.6 Å². The van der Waals surface area contributed by atoms with E-state index in [0.29, 0.717) is 10.8 Å². The quantitative estimate of drug-likeness (QED) is 0.915. The zero-order chi connectivity index (χ0) is 13.8. The molecule has 0 bridgehead atoms. The molecule has 0 saturated carbocycles. The first-order valence-corrected chi connectivity index (χ1v) is 6.37. The van der Waals surface area contributed by atoms with Gasteiger partial charge >= 0.3 is 0 Å². The van der Waals surface area contributed by atoms with Gasteiger partial charge in [-0.05, 0) is 19.1 Å². The van der Waals surface area contributed by atoms with Gasteiger partial charge in [-0.15, -0.1) is 0 Å². The van der Waals surface area contributed by atoms with Gasteiger partial charge in [0.2, 0.25) is 0 Å². The molecule has 19 heavy (non-hydrogen) atoms. The Morgan fingerprint density at radius 3 is 2.68 bits per heavy atom. The van der Waals surface area contributed by atoms with E-state index in [1.54, 1.807) is 12.1 Å². The maximum Gasteiger partial charge on any atom is 0.127 e. The minimum Gasteiger partial charge on any atom is -0.488 e. The molecular weight excluding hydrogens is 265 g/mol. The molecule has 0 fully saturated rings. The van der Waals surface area contributed by atoms with E-state index in [1.165, 1.54) is 12.1 Å². The van der Waals surface area contributed by atoms with Gasteiger partial charge in [-0.2, -0.15) is 0 Å². The molecule has 2 aromatic rings. The first-order chi connectivity index (χ1) is 9.08. The zero-order valence-corrected chi connectivity index (χ0v) is 11.3. The summed E-state index contributed by atoms with van der Waals surface area (Å²) in [6, 6.07) is 11.5. The molecule has 1 unspecified atom stereocenters. The molecule has 2 N–H and O–H groups in total. The highest BCUT2D eigenvalue weighted by Crippen LogP contribution is 2.26. The SMILES string of the molecule is CC(N)c1ccc(F)cc1OCc1ccccc1Cl. The first kappa shape index (κ1) is 13.8. The fourth-order valence-corrected chi connectivity index (χ4v) is 1.97. The lowest BCUT2D eigenvalue weighted by molar-refractivity contribution is 0.300. The average molecular weight is 280 g/mol. The van der Waals surface area contributed by atoms with E-state index < -0.39 is 0 Å². The van der Waals surface area contributed by atoms with Crippen LogP contribution in [0.1, 0.15) is 24.1 Å². The lowest BCUT2D eigenvalue weighted by Crippen LogP contribution is -2.08. The Hall–Kier alpha value is -1.58. The fraction of sp³-hybridized carbons (Fsp3) is 0.200. The predicted molar refractivity (Wildman–Crippen MR) is 74.8 cm³/mol. The molecule has 2 rings (SSSR count). The number of hydrogen-bond donors (Lipinski definition) is 1. The Kier molecular flexibility index (Phi) is 4.40. The Bertz CT molecular complexity index is 572. The van der Waals surface area contributed by atoms with Crippen molar-refractivity contribution in [3.63, 3.8) is 0 Å². The van der Waals surface area contributed by atoms with E-state index in [1.807, 2.05) is 25.1 Å². The Labute approximate surface area is 117 Å². The average Bonchev–Trinajstić information content (AvgIpc) is 2.37. The predicted octanol–water partition coefficient (Wildman–Crippen LogP) is 4.08. The number of rotatable bonds is 4. The van der Waals surface area contributed by atoms with Gasteiger partial charge in [0, 0.05) is 28.3 Å². The molecule has 0 aromatic heterocycles. The van der Waals surface area contributed by atoms with Crippen molar-refractivity contribution in [2.75, 3.05) is 0 Å². The molecule has 0 heterocycles. The van der Waals surface area contributed by atoms with Gasteiger partial charge in [-0.3, -0.25) is 0 Å². The second kappa shape index (κ2) is 6.04. The summed E-state index contributed by atoms with van der Waals surface area (Å²) in [5.41, 5.74) is 7.46. The lowest BCUT2D eigenvalue weighted by atomic mass is 10.1. The Morgan fingerprint density at radius 2 is 2.00 bits per heavy atom. The molecule has 2 aromatic carbocycles. The summed E-state index contributed by atoms with van der Waals surface area (Å²) in [6.45, 7) is 2.11. The molecule has 0 spiro atoms. The van der Waals surface area contributed by atoms with Crippen LogP contribution in [-0.2, 0) is 6.61 Å². The van der Waals surface area contributed by atoms with Crippen LogP contribution >= 0.6 is 11.6 Å². The van der Waals surface area contributed by atoms with Crippen LogP contribution < -0.4 is 10.5 Å². The van der Waals surface area contributed by atoms with E-state index in [9.17, 15) is 4.39 Å². The molecule has 4 heteroatoms. The summed E-state index contributed by atoms with van der Waals surface area (Å²) < 4.78 is 18.9. The van der Waals surface area contributed by atoms with Crippen LogP contribution in [0.2, 0.25) is 5.02 Å². The van der Waals surface area contributed by atoms with Crippen molar-refractivity contribution >= 4 is 11.6 Å². The Morgan fingerprint density at radius 1 is 1.26 bits per heavy atom. The van der Waals surface area contributed by atoms with E-state index in [4.69, 9.17) is 22.1 Å². The standard InChI is InChI=1S/C15H15ClFNO/c1-10(18)13-7-6-12(17)8-15(13)19-9-11-4-2-3-5-14(11)16/h2-8,10H,9,18H2,1H3. The largest absolute Gasteiger partial charge is 0.488 e. The molecule has 0 aliphatic heterocycles. The third-order valence-electron chi connectivity index (χ3n) is 2.81. The highest BCUT2D eigenvalue weighted by atomic mass is 35.5. The summed E-state index contributed by atoms with van der Waals surface area (Å²) >= 11 is 6.05. The van der Waals surface area contributed by atoms with Crippen molar-refractivity contribution in [3.05, 3.63) is 64.4 Å². The van der Waals surface area contributed by atoms with Crippen LogP contribution in [0.15, 0.2) is 42.5 Å². The van der Waals surface area contributed by atoms with E-state index >= 15 is 0 Å². The van der Waals surface area contributed by atoms with Gasteiger partial charge in [0.1, 0.15) is 18.2 Å². The van der Waals surface area contributed by atoms with E-state index in [2.05, 4.69) is 0 Å². The van der Waals surface area contributed by atoms with Gasteiger partial charge in [-0.1, -0.05) is 35.9 Å². The van der Waals surface area contributed by atoms with Crippen LogP contribution in [0.5, 0.6) is 5.75 Å². The van der Waals surface area contributed by atoms with Crippen LogP contribution in [-0.4, -0.2) is 0 Å². The topological polar surface area (TPSA) is 35.2 Å². The number of halogens is 2. The van der Waals surface area contributed by atoms with Crippen molar-refractivity contribution in [1.82, 2.24) is 0 Å². The number of ether oxygens (including phenoxy) is 1. The molecule has 0 aliphatic carbocycles. The van der Waals surface area contributed by atoms with Crippen LogP contribution in [0.3, 0.4) is 0 Å². The van der Waals surface area contributed by atoms with Gasteiger partial charge in [0.05, 0.1) is 0 Å². The summed E-state index contributed by atoms with van der Waals surface area (Å²) in [7, 11) is 0. The minimum atomic E-state index is -0.349. The van der Waals surface area contributed by atoms with Crippen molar-refractivity contribution in [1.29, 1.82) is 0 Å². The molecule has 100 valence electrons. The molecule has 0 aliphatic rings. The molecular formula is C15H15ClFNO. The molecule has 0 saturated heterocycles. The molecule has 0 radical (unpaired) electrons. The van der Waals surface area contributed by atoms with Gasteiger partial charge in [0.15, 0.2) is 0 Å². The van der Waals surface area contributed by atoms with Gasteiger partial charge < -0.3 is 10.5 Å². The number of benzene rings is 2. The smallest absolute Gasteiger partial charge is 0.127 e. The Balaban J connectivity index is 2.19. The van der Waals surface area contributed by atoms with Gasteiger partial charge in [0.25, 0.3) is 0 Å². The molecule has 1 atom stereocenters. The highest BCUT2D eigenvalue weighted by molar-refractivity contribution is 6.31. The first-order valence-electron chi connectivity index (χ1n) is 5.99.